The van der Waals surface area contributed by atoms with Crippen LogP contribution < -0.4 is 0 Å². The largest absolute Gasteiger partial charge is 0.416 e. The summed E-state index contributed by atoms with van der Waals surface area (Å²) < 4.78 is 41.4. The number of aromatic nitrogens is 4. The summed E-state index contributed by atoms with van der Waals surface area (Å²) in [7, 11) is 0. The van der Waals surface area contributed by atoms with Crippen molar-refractivity contribution in [1.29, 1.82) is 0 Å². The summed E-state index contributed by atoms with van der Waals surface area (Å²) in [5.41, 5.74) is 0.115. The molecule has 10 heteroatoms. The quantitative estimate of drug-likeness (QED) is 0.541. The van der Waals surface area contributed by atoms with Gasteiger partial charge in [-0.15, -0.1) is 10.2 Å². The Kier molecular flexibility index (Phi) is 6.26. The van der Waals surface area contributed by atoms with E-state index in [2.05, 4.69) is 15.2 Å². The van der Waals surface area contributed by atoms with Crippen molar-refractivity contribution in [1.82, 2.24) is 24.6 Å². The van der Waals surface area contributed by atoms with E-state index in [0.29, 0.717) is 16.5 Å². The Morgan fingerprint density at radius 3 is 2.58 bits per heavy atom. The summed E-state index contributed by atoms with van der Waals surface area (Å²) in [4.78, 5) is 18.5. The molecule has 0 radical (unpaired) electrons. The molecule has 1 aliphatic rings. The Balaban J connectivity index is 1.68. The molecule has 0 atom stereocenters. The number of hydrogen-bond donors (Lipinski definition) is 0. The number of hydrogen-bond acceptors (Lipinski definition) is 5. The monoisotopic (exact) mass is 447 g/mol. The molecule has 0 spiro atoms. The zero-order valence-electron chi connectivity index (χ0n) is 16.5. The van der Waals surface area contributed by atoms with Crippen LogP contribution in [0.5, 0.6) is 0 Å². The SMILES string of the molecule is O=C(CSc1nnc(-c2cccnc2)n1-c1cccc(C(F)(F)F)c1)N1CCCCC1. The number of benzene rings is 1. The molecule has 0 unspecified atom stereocenters. The second kappa shape index (κ2) is 9.09. The molecule has 162 valence electrons. The Bertz CT molecular complexity index is 1050. The molecule has 4 rings (SSSR count). The van der Waals surface area contributed by atoms with E-state index in [1.807, 2.05) is 4.90 Å². The van der Waals surface area contributed by atoms with E-state index in [9.17, 15) is 18.0 Å². The zero-order chi connectivity index (χ0) is 21.8. The summed E-state index contributed by atoms with van der Waals surface area (Å²) in [5, 5.41) is 8.72. The normalized spacial score (nSPS) is 14.6. The molecule has 6 nitrogen and oxygen atoms in total. The van der Waals surface area contributed by atoms with E-state index in [4.69, 9.17) is 0 Å². The second-order valence-electron chi connectivity index (χ2n) is 7.16. The van der Waals surface area contributed by atoms with Crippen LogP contribution in [0.2, 0.25) is 0 Å². The van der Waals surface area contributed by atoms with Crippen LogP contribution in [0.3, 0.4) is 0 Å². The van der Waals surface area contributed by atoms with Crippen molar-refractivity contribution in [2.75, 3.05) is 18.8 Å². The van der Waals surface area contributed by atoms with Gasteiger partial charge in [0.1, 0.15) is 0 Å². The van der Waals surface area contributed by atoms with Crippen molar-refractivity contribution >= 4 is 17.7 Å². The van der Waals surface area contributed by atoms with Crippen LogP contribution in [-0.2, 0) is 11.0 Å². The molecular formula is C21H20F3N5OS. The van der Waals surface area contributed by atoms with Crippen molar-refractivity contribution in [2.45, 2.75) is 30.6 Å². The number of amides is 1. The van der Waals surface area contributed by atoms with Crippen molar-refractivity contribution in [3.8, 4) is 17.1 Å². The van der Waals surface area contributed by atoms with Crippen LogP contribution in [0, 0.1) is 0 Å². The standard InChI is InChI=1S/C21H20F3N5OS/c22-21(23,24)16-7-4-8-17(12-16)29-19(15-6-5-9-25-13-15)26-27-20(29)31-14-18(30)28-10-2-1-3-11-28/h4-9,12-13H,1-3,10-11,14H2. The van der Waals surface area contributed by atoms with E-state index >= 15 is 0 Å². The fourth-order valence-corrected chi connectivity index (χ4v) is 4.32. The number of thioether (sulfide) groups is 1. The van der Waals surface area contributed by atoms with Crippen LogP contribution in [-0.4, -0.2) is 49.4 Å². The maximum absolute atomic E-state index is 13.3. The number of pyridine rings is 1. The van der Waals surface area contributed by atoms with Crippen LogP contribution in [0.15, 0.2) is 53.9 Å². The van der Waals surface area contributed by atoms with Crippen LogP contribution in [0.1, 0.15) is 24.8 Å². The number of carbonyl (C=O) groups is 1. The molecule has 1 aromatic carbocycles. The third-order valence-corrected chi connectivity index (χ3v) is 5.93. The summed E-state index contributed by atoms with van der Waals surface area (Å²) in [6.45, 7) is 1.47. The van der Waals surface area contributed by atoms with Gasteiger partial charge in [0.2, 0.25) is 5.91 Å². The lowest BCUT2D eigenvalue weighted by Gasteiger charge is -2.26. The van der Waals surface area contributed by atoms with Gasteiger partial charge in [0.15, 0.2) is 11.0 Å². The lowest BCUT2D eigenvalue weighted by molar-refractivity contribution is -0.137. The fourth-order valence-electron chi connectivity index (χ4n) is 3.46. The van der Waals surface area contributed by atoms with Crippen molar-refractivity contribution in [2.24, 2.45) is 0 Å². The summed E-state index contributed by atoms with van der Waals surface area (Å²) in [6, 6.07) is 8.46. The predicted octanol–water partition coefficient (Wildman–Crippen LogP) is 4.45. The molecule has 1 fully saturated rings. The highest BCUT2D eigenvalue weighted by molar-refractivity contribution is 7.99. The number of halogens is 3. The first-order valence-corrected chi connectivity index (χ1v) is 10.9. The number of nitrogens with zero attached hydrogens (tertiary/aromatic N) is 5. The van der Waals surface area contributed by atoms with Gasteiger partial charge in [-0.05, 0) is 49.6 Å². The van der Waals surface area contributed by atoms with E-state index in [-0.39, 0.29) is 17.3 Å². The third-order valence-electron chi connectivity index (χ3n) is 5.02. The van der Waals surface area contributed by atoms with Crippen molar-refractivity contribution in [3.05, 3.63) is 54.4 Å². The lowest BCUT2D eigenvalue weighted by atomic mass is 10.1. The Labute approximate surface area is 181 Å². The number of likely N-dealkylation sites (tertiary alicyclic amines) is 1. The summed E-state index contributed by atoms with van der Waals surface area (Å²) >= 11 is 1.17. The summed E-state index contributed by atoms with van der Waals surface area (Å²) in [5.74, 6) is 0.496. The molecule has 2 aromatic heterocycles. The molecular weight excluding hydrogens is 427 g/mol. The van der Waals surface area contributed by atoms with Crippen LogP contribution >= 0.6 is 11.8 Å². The van der Waals surface area contributed by atoms with Gasteiger partial charge in [-0.25, -0.2) is 0 Å². The topological polar surface area (TPSA) is 63.9 Å². The molecule has 0 bridgehead atoms. The minimum Gasteiger partial charge on any atom is -0.342 e. The second-order valence-corrected chi connectivity index (χ2v) is 8.10. The summed E-state index contributed by atoms with van der Waals surface area (Å²) in [6.07, 6.45) is 1.79. The van der Waals surface area contributed by atoms with Gasteiger partial charge in [-0.2, -0.15) is 13.2 Å². The highest BCUT2D eigenvalue weighted by Gasteiger charge is 2.31. The number of alkyl halides is 3. The molecule has 31 heavy (non-hydrogen) atoms. The average Bonchev–Trinajstić information content (AvgIpc) is 3.22. The first-order valence-electron chi connectivity index (χ1n) is 9.87. The van der Waals surface area contributed by atoms with Gasteiger partial charge in [-0.3, -0.25) is 14.3 Å². The average molecular weight is 447 g/mol. The van der Waals surface area contributed by atoms with Gasteiger partial charge < -0.3 is 4.90 Å². The lowest BCUT2D eigenvalue weighted by Crippen LogP contribution is -2.36. The minimum atomic E-state index is -4.48. The molecule has 1 amide bonds. The Hall–Kier alpha value is -2.88. The van der Waals surface area contributed by atoms with Gasteiger partial charge >= 0.3 is 6.18 Å². The van der Waals surface area contributed by atoms with Crippen molar-refractivity contribution < 1.29 is 18.0 Å². The smallest absolute Gasteiger partial charge is 0.342 e. The maximum Gasteiger partial charge on any atom is 0.416 e. The molecule has 3 heterocycles. The van der Waals surface area contributed by atoms with Gasteiger partial charge in [-0.1, -0.05) is 17.8 Å². The number of carbonyl (C=O) groups excluding carboxylic acids is 1. The number of piperidine rings is 1. The first-order chi connectivity index (χ1) is 14.9. The minimum absolute atomic E-state index is 0.00813. The predicted molar refractivity (Wildman–Crippen MR) is 111 cm³/mol. The van der Waals surface area contributed by atoms with E-state index < -0.39 is 11.7 Å². The van der Waals surface area contributed by atoms with Crippen molar-refractivity contribution in [3.63, 3.8) is 0 Å². The highest BCUT2D eigenvalue weighted by Crippen LogP contribution is 2.33. The van der Waals surface area contributed by atoms with E-state index in [1.54, 1.807) is 35.2 Å². The molecule has 0 saturated carbocycles. The van der Waals surface area contributed by atoms with Gasteiger partial charge in [0, 0.05) is 31.0 Å². The Morgan fingerprint density at radius 1 is 1.06 bits per heavy atom. The molecule has 1 aliphatic heterocycles. The maximum atomic E-state index is 13.3. The Morgan fingerprint density at radius 2 is 1.87 bits per heavy atom. The van der Waals surface area contributed by atoms with Crippen LogP contribution in [0.4, 0.5) is 13.2 Å². The number of rotatable bonds is 5. The van der Waals surface area contributed by atoms with Gasteiger partial charge in [0.05, 0.1) is 17.0 Å². The van der Waals surface area contributed by atoms with E-state index in [0.717, 1.165) is 44.5 Å². The van der Waals surface area contributed by atoms with Crippen LogP contribution in [0.25, 0.3) is 17.1 Å². The first kappa shape index (κ1) is 21.4. The fraction of sp³-hybridized carbons (Fsp3) is 0.333. The van der Waals surface area contributed by atoms with Gasteiger partial charge in [0.25, 0.3) is 0 Å². The highest BCUT2D eigenvalue weighted by atomic mass is 32.2. The zero-order valence-corrected chi connectivity index (χ0v) is 17.4. The van der Waals surface area contributed by atoms with E-state index in [1.165, 1.54) is 17.8 Å². The molecule has 1 saturated heterocycles. The molecule has 0 aliphatic carbocycles. The third kappa shape index (κ3) is 4.90. The molecule has 0 N–H and O–H groups in total. The molecule has 3 aromatic rings.